The van der Waals surface area contributed by atoms with Gasteiger partial charge in [0, 0.05) is 18.3 Å². The van der Waals surface area contributed by atoms with Crippen LogP contribution in [0.3, 0.4) is 0 Å². The van der Waals surface area contributed by atoms with Crippen LogP contribution in [0.15, 0.2) is 22.7 Å². The van der Waals surface area contributed by atoms with Crippen molar-refractivity contribution >= 4 is 35.0 Å². The molecular weight excluding hydrogens is 406 g/mol. The van der Waals surface area contributed by atoms with Crippen molar-refractivity contribution in [1.29, 1.82) is 0 Å². The average molecular weight is 432 g/mol. The van der Waals surface area contributed by atoms with Crippen LogP contribution in [-0.4, -0.2) is 50.4 Å². The number of thiophene rings is 1. The molecule has 1 aliphatic heterocycles. The summed E-state index contributed by atoms with van der Waals surface area (Å²) in [5.74, 6) is 3.78. The maximum Gasteiger partial charge on any atom is 0.324 e. The number of carbonyl (C=O) groups excluding carboxylic acids is 2. The third kappa shape index (κ3) is 3.48. The predicted octanol–water partition coefficient (Wildman–Crippen LogP) is 3.65. The number of fused-ring (bicyclic) bond motifs is 2. The summed E-state index contributed by atoms with van der Waals surface area (Å²) in [5, 5.41) is 14.6. The van der Waals surface area contributed by atoms with E-state index in [9.17, 15) is 9.59 Å². The summed E-state index contributed by atoms with van der Waals surface area (Å²) in [6.45, 7) is 2.80. The summed E-state index contributed by atoms with van der Waals surface area (Å²) >= 11 is 3.27. The number of aromatic nitrogens is 3. The highest BCUT2D eigenvalue weighted by Gasteiger charge is 2.43. The molecule has 3 amide bonds. The van der Waals surface area contributed by atoms with Crippen LogP contribution in [0.25, 0.3) is 10.7 Å². The molecule has 29 heavy (non-hydrogen) atoms. The molecule has 7 nitrogen and oxygen atoms in total. The highest BCUT2D eigenvalue weighted by Crippen LogP contribution is 2.53. The zero-order chi connectivity index (χ0) is 20.0. The fourth-order valence-electron chi connectivity index (χ4n) is 5.30. The first-order valence-corrected chi connectivity index (χ1v) is 12.2. The highest BCUT2D eigenvalue weighted by molar-refractivity contribution is 7.99. The van der Waals surface area contributed by atoms with Crippen LogP contribution in [0.1, 0.15) is 38.6 Å². The van der Waals surface area contributed by atoms with Gasteiger partial charge >= 0.3 is 6.03 Å². The number of urea groups is 1. The third-order valence-corrected chi connectivity index (χ3v) is 8.50. The van der Waals surface area contributed by atoms with Gasteiger partial charge in [0.25, 0.3) is 0 Å². The monoisotopic (exact) mass is 431 g/mol. The van der Waals surface area contributed by atoms with Gasteiger partial charge in [-0.05, 0) is 55.4 Å². The second-order valence-electron chi connectivity index (χ2n) is 8.29. The van der Waals surface area contributed by atoms with E-state index in [1.54, 1.807) is 23.1 Å². The normalized spacial score (nSPS) is 27.1. The molecule has 1 N–H and O–H groups in total. The lowest BCUT2D eigenvalue weighted by Crippen LogP contribution is -2.33. The summed E-state index contributed by atoms with van der Waals surface area (Å²) in [4.78, 5) is 26.0. The molecule has 154 valence electrons. The first-order valence-electron chi connectivity index (χ1n) is 10.3. The minimum absolute atomic E-state index is 0.101. The molecule has 3 fully saturated rings. The fraction of sp³-hybridized carbons (Fsp3) is 0.600. The van der Waals surface area contributed by atoms with Gasteiger partial charge in [0.15, 0.2) is 11.0 Å². The summed E-state index contributed by atoms with van der Waals surface area (Å²) in [6, 6.07) is 4.19. The number of hydrogen-bond donors (Lipinski definition) is 1. The summed E-state index contributed by atoms with van der Waals surface area (Å²) < 4.78 is 2.31. The average Bonchev–Trinajstić information content (AvgIpc) is 3.53. The van der Waals surface area contributed by atoms with Crippen LogP contribution in [0.5, 0.6) is 0 Å². The van der Waals surface area contributed by atoms with Crippen molar-refractivity contribution in [2.75, 3.05) is 18.8 Å². The van der Waals surface area contributed by atoms with Crippen molar-refractivity contribution in [3.05, 3.63) is 17.5 Å². The Morgan fingerprint density at radius 1 is 1.31 bits per heavy atom. The first kappa shape index (κ1) is 19.1. The zero-order valence-corrected chi connectivity index (χ0v) is 18.0. The van der Waals surface area contributed by atoms with E-state index in [2.05, 4.69) is 38.5 Å². The second kappa shape index (κ2) is 7.75. The molecule has 2 aliphatic carbocycles. The molecule has 5 rings (SSSR count). The van der Waals surface area contributed by atoms with Gasteiger partial charge in [-0.2, -0.15) is 0 Å². The van der Waals surface area contributed by atoms with Gasteiger partial charge in [0.1, 0.15) is 0 Å². The lowest BCUT2D eigenvalue weighted by molar-refractivity contribution is -0.124. The van der Waals surface area contributed by atoms with Crippen molar-refractivity contribution in [1.82, 2.24) is 25.0 Å². The number of carbonyl (C=O) groups is 2. The van der Waals surface area contributed by atoms with Gasteiger partial charge < -0.3 is 5.32 Å². The van der Waals surface area contributed by atoms with Crippen LogP contribution < -0.4 is 5.32 Å². The molecule has 2 aromatic rings. The smallest absolute Gasteiger partial charge is 0.324 e. The number of thioether (sulfide) groups is 1. The highest BCUT2D eigenvalue weighted by atomic mass is 32.2. The number of hydrogen-bond acceptors (Lipinski definition) is 6. The Kier molecular flexibility index (Phi) is 5.11. The van der Waals surface area contributed by atoms with Crippen molar-refractivity contribution in [2.24, 2.45) is 17.8 Å². The summed E-state index contributed by atoms with van der Waals surface area (Å²) in [6.07, 6.45) is 5.42. The van der Waals surface area contributed by atoms with Crippen molar-refractivity contribution in [2.45, 2.75) is 43.8 Å². The molecule has 2 bridgehead atoms. The zero-order valence-electron chi connectivity index (χ0n) is 16.4. The molecule has 2 aromatic heterocycles. The van der Waals surface area contributed by atoms with E-state index in [1.165, 1.54) is 30.6 Å². The minimum atomic E-state index is -0.299. The van der Waals surface area contributed by atoms with Crippen LogP contribution >= 0.6 is 23.1 Å². The maximum absolute atomic E-state index is 11.8. The molecule has 1 saturated heterocycles. The Bertz CT molecular complexity index is 896. The molecule has 0 radical (unpaired) electrons. The minimum Gasteiger partial charge on any atom is -0.329 e. The van der Waals surface area contributed by atoms with Crippen molar-refractivity contribution in [3.8, 4) is 10.7 Å². The number of rotatable bonds is 7. The Labute approximate surface area is 178 Å². The van der Waals surface area contributed by atoms with E-state index < -0.39 is 0 Å². The molecule has 9 heteroatoms. The molecule has 0 aromatic carbocycles. The molecule has 3 aliphatic rings. The molecule has 4 atom stereocenters. The van der Waals surface area contributed by atoms with Gasteiger partial charge in [-0.1, -0.05) is 24.2 Å². The number of nitrogens with one attached hydrogen (secondary N) is 1. The van der Waals surface area contributed by atoms with Gasteiger partial charge in [-0.15, -0.1) is 21.5 Å². The van der Waals surface area contributed by atoms with E-state index in [1.807, 2.05) is 6.07 Å². The van der Waals surface area contributed by atoms with Crippen LogP contribution in [0.2, 0.25) is 0 Å². The number of amides is 3. The van der Waals surface area contributed by atoms with Crippen molar-refractivity contribution in [3.63, 3.8) is 0 Å². The topological polar surface area (TPSA) is 80.1 Å². The maximum atomic E-state index is 11.8. The molecule has 0 spiro atoms. The van der Waals surface area contributed by atoms with E-state index >= 15 is 0 Å². The van der Waals surface area contributed by atoms with E-state index in [0.717, 1.165) is 27.7 Å². The van der Waals surface area contributed by atoms with Crippen LogP contribution in [0, 0.1) is 17.8 Å². The quantitative estimate of drug-likeness (QED) is 0.535. The van der Waals surface area contributed by atoms with E-state index in [4.69, 9.17) is 0 Å². The van der Waals surface area contributed by atoms with Crippen LogP contribution in [0.4, 0.5) is 4.79 Å². The number of nitrogens with zero attached hydrogens (tertiary/aromatic N) is 4. The SMILES string of the molecule is CC(C1CC2CCC1C2)n1c(SCCN2C(=O)CNC2=O)nnc1-c1cccs1. The van der Waals surface area contributed by atoms with Gasteiger partial charge in [-0.3, -0.25) is 14.3 Å². The van der Waals surface area contributed by atoms with Crippen molar-refractivity contribution < 1.29 is 9.59 Å². The second-order valence-corrected chi connectivity index (χ2v) is 10.3. The number of imide groups is 1. The lowest BCUT2D eigenvalue weighted by atomic mass is 9.84. The molecule has 2 saturated carbocycles. The van der Waals surface area contributed by atoms with Gasteiger partial charge in [0.05, 0.1) is 11.4 Å². The largest absolute Gasteiger partial charge is 0.329 e. The van der Waals surface area contributed by atoms with Gasteiger partial charge in [-0.25, -0.2) is 4.79 Å². The van der Waals surface area contributed by atoms with E-state index in [0.29, 0.717) is 24.3 Å². The third-order valence-electron chi connectivity index (χ3n) is 6.71. The Balaban J connectivity index is 1.37. The fourth-order valence-corrected chi connectivity index (χ4v) is 6.95. The summed E-state index contributed by atoms with van der Waals surface area (Å²) in [5.41, 5.74) is 0. The standard InChI is InChI=1S/C20H25N5O2S2/c1-12(15-10-13-4-5-14(15)9-13)25-18(16-3-2-7-28-16)22-23-20(25)29-8-6-24-17(26)11-21-19(24)27/h2-3,7,12-15H,4-6,8-11H2,1H3,(H,21,27). The van der Waals surface area contributed by atoms with Crippen LogP contribution in [-0.2, 0) is 4.79 Å². The van der Waals surface area contributed by atoms with Gasteiger partial charge in [0.2, 0.25) is 5.91 Å². The molecule has 3 heterocycles. The first-order chi connectivity index (χ1) is 14.1. The molecular formula is C20H25N5O2S2. The lowest BCUT2D eigenvalue weighted by Gasteiger charge is -2.30. The Hall–Kier alpha value is -1.87. The molecule has 4 unspecified atom stereocenters. The Morgan fingerprint density at radius 3 is 2.86 bits per heavy atom. The summed E-state index contributed by atoms with van der Waals surface area (Å²) in [7, 11) is 0. The predicted molar refractivity (Wildman–Crippen MR) is 113 cm³/mol. The Morgan fingerprint density at radius 2 is 2.21 bits per heavy atom. The van der Waals surface area contributed by atoms with E-state index in [-0.39, 0.29) is 18.5 Å².